The Bertz CT molecular complexity index is 1230. The number of rotatable bonds is 7. The van der Waals surface area contributed by atoms with Crippen molar-refractivity contribution >= 4 is 47.0 Å². The highest BCUT2D eigenvalue weighted by Crippen LogP contribution is 2.33. The predicted molar refractivity (Wildman–Crippen MR) is 119 cm³/mol. The Morgan fingerprint density at radius 2 is 1.91 bits per heavy atom. The van der Waals surface area contributed by atoms with Gasteiger partial charge >= 0.3 is 18.0 Å². The van der Waals surface area contributed by atoms with Gasteiger partial charge in [0, 0.05) is 24.2 Å². The number of aromatic nitrogens is 2. The molecule has 3 heterocycles. The van der Waals surface area contributed by atoms with Gasteiger partial charge in [0.05, 0.1) is 12.6 Å². The van der Waals surface area contributed by atoms with Gasteiger partial charge < -0.3 is 26.6 Å². The molecule has 1 saturated heterocycles. The van der Waals surface area contributed by atoms with Crippen LogP contribution in [0.1, 0.15) is 23.2 Å². The second kappa shape index (κ2) is 8.73. The van der Waals surface area contributed by atoms with Crippen molar-refractivity contribution in [3.05, 3.63) is 40.2 Å². The molecule has 14 heteroatoms. The van der Waals surface area contributed by atoms with Crippen molar-refractivity contribution in [1.29, 1.82) is 0 Å². The van der Waals surface area contributed by atoms with Crippen LogP contribution in [-0.4, -0.2) is 69.2 Å². The van der Waals surface area contributed by atoms with Crippen LogP contribution in [0.4, 0.5) is 27.9 Å². The number of carbonyl (C=O) groups excluding carboxylic acids is 2. The number of carboxylic acid groups (broad SMARTS) is 2. The number of aliphatic carboxylic acids is 2. The monoisotopic (exact) mass is 471 g/mol. The van der Waals surface area contributed by atoms with Crippen molar-refractivity contribution in [1.82, 2.24) is 15.3 Å². The number of nitrogens with one attached hydrogen (secondary N) is 3. The highest BCUT2D eigenvalue weighted by Gasteiger charge is 2.44. The Hall–Kier alpha value is -4.62. The molecular weight excluding hydrogens is 450 g/mol. The lowest BCUT2D eigenvalue weighted by molar-refractivity contribution is -0.140. The molecule has 1 aromatic heterocycles. The number of fused-ring (bicyclic) bond motifs is 3. The summed E-state index contributed by atoms with van der Waals surface area (Å²) in [6, 6.07) is 3.77. The fraction of sp³-hybridized carbons (Fsp3) is 0.300. The van der Waals surface area contributed by atoms with Gasteiger partial charge in [-0.05, 0) is 30.7 Å². The molecule has 2 aliphatic heterocycles. The van der Waals surface area contributed by atoms with E-state index in [9.17, 15) is 29.1 Å². The van der Waals surface area contributed by atoms with E-state index >= 15 is 0 Å². The van der Waals surface area contributed by atoms with Crippen molar-refractivity contribution in [2.45, 2.75) is 24.9 Å². The molecule has 0 bridgehead atoms. The van der Waals surface area contributed by atoms with E-state index in [1.54, 1.807) is 0 Å². The number of carboxylic acids is 2. The number of nitrogen functional groups attached to an aromatic ring is 1. The smallest absolute Gasteiger partial charge is 0.329 e. The minimum atomic E-state index is -1.35. The van der Waals surface area contributed by atoms with Crippen LogP contribution in [0.15, 0.2) is 29.1 Å². The van der Waals surface area contributed by atoms with Gasteiger partial charge in [0.2, 0.25) is 5.95 Å². The Balaban J connectivity index is 1.50. The number of anilines is 4. The summed E-state index contributed by atoms with van der Waals surface area (Å²) in [5.41, 5.74) is 5.72. The number of aromatic amines is 1. The van der Waals surface area contributed by atoms with Gasteiger partial charge in [-0.2, -0.15) is 4.98 Å². The molecule has 0 aliphatic carbocycles. The van der Waals surface area contributed by atoms with E-state index < -0.39 is 41.9 Å². The molecule has 1 aromatic carbocycles. The Labute approximate surface area is 191 Å². The number of hydrogen-bond donors (Lipinski definition) is 6. The summed E-state index contributed by atoms with van der Waals surface area (Å²) in [7, 11) is 0. The first kappa shape index (κ1) is 22.6. The summed E-state index contributed by atoms with van der Waals surface area (Å²) in [4.78, 5) is 69.2. The van der Waals surface area contributed by atoms with Crippen molar-refractivity contribution in [2.75, 3.05) is 33.9 Å². The van der Waals surface area contributed by atoms with Crippen molar-refractivity contribution in [2.24, 2.45) is 0 Å². The fourth-order valence-electron chi connectivity index (χ4n) is 3.91. The minimum absolute atomic E-state index is 0.0693. The van der Waals surface area contributed by atoms with Crippen molar-refractivity contribution < 1.29 is 29.4 Å². The van der Waals surface area contributed by atoms with Gasteiger partial charge in [0.1, 0.15) is 6.04 Å². The maximum absolute atomic E-state index is 13.1. The third kappa shape index (κ3) is 4.20. The molecule has 14 nitrogen and oxygen atoms in total. The van der Waals surface area contributed by atoms with Crippen LogP contribution >= 0.6 is 0 Å². The zero-order valence-corrected chi connectivity index (χ0v) is 17.6. The van der Waals surface area contributed by atoms with E-state index in [-0.39, 0.29) is 42.0 Å². The Morgan fingerprint density at radius 1 is 1.21 bits per heavy atom. The van der Waals surface area contributed by atoms with Gasteiger partial charge in [-0.1, -0.05) is 0 Å². The SMILES string of the molecule is Nc1nc2c(c(=O)[nH]1)N1C(=O)N(c3ccc(C(=O)N[C@@H](CCC(=O)O)C(=O)O)cc3)CC1CN2. The van der Waals surface area contributed by atoms with Crippen LogP contribution in [0, 0.1) is 0 Å². The van der Waals surface area contributed by atoms with Gasteiger partial charge in [0.25, 0.3) is 11.5 Å². The molecule has 2 aromatic rings. The molecule has 178 valence electrons. The van der Waals surface area contributed by atoms with E-state index in [1.165, 1.54) is 34.1 Å². The average molecular weight is 471 g/mol. The molecule has 2 aliphatic rings. The first-order chi connectivity index (χ1) is 16.2. The van der Waals surface area contributed by atoms with E-state index in [0.717, 1.165) is 0 Å². The number of urea groups is 1. The van der Waals surface area contributed by atoms with Gasteiger partial charge in [-0.15, -0.1) is 0 Å². The number of carbonyl (C=O) groups is 4. The number of H-pyrrole nitrogens is 1. The van der Waals surface area contributed by atoms with Crippen molar-refractivity contribution in [3.8, 4) is 0 Å². The predicted octanol–water partition coefficient (Wildman–Crippen LogP) is -0.359. The average Bonchev–Trinajstić information content (AvgIpc) is 3.12. The summed E-state index contributed by atoms with van der Waals surface area (Å²) in [6.45, 7) is 0.634. The van der Waals surface area contributed by atoms with Gasteiger partial charge in [-0.25, -0.2) is 9.59 Å². The molecular formula is C20H21N7O7. The maximum atomic E-state index is 13.1. The second-order valence-corrected chi connectivity index (χ2v) is 7.79. The highest BCUT2D eigenvalue weighted by molar-refractivity contribution is 6.09. The number of hydrogen-bond acceptors (Lipinski definition) is 8. The lowest BCUT2D eigenvalue weighted by atomic mass is 10.1. The lowest BCUT2D eigenvalue weighted by Crippen LogP contribution is -2.46. The molecule has 3 amide bonds. The highest BCUT2D eigenvalue weighted by atomic mass is 16.4. The third-order valence-electron chi connectivity index (χ3n) is 5.55. The van der Waals surface area contributed by atoms with E-state index in [1.807, 2.05) is 0 Å². The Kier molecular flexibility index (Phi) is 5.79. The Morgan fingerprint density at radius 3 is 2.56 bits per heavy atom. The topological polar surface area (TPSA) is 211 Å². The number of amides is 3. The van der Waals surface area contributed by atoms with Crippen LogP contribution in [0.25, 0.3) is 0 Å². The quantitative estimate of drug-likeness (QED) is 0.309. The number of nitrogens with zero attached hydrogens (tertiary/aromatic N) is 3. The van der Waals surface area contributed by atoms with Gasteiger partial charge in [-0.3, -0.25) is 29.2 Å². The number of nitrogens with two attached hydrogens (primary N) is 1. The van der Waals surface area contributed by atoms with Crippen LogP contribution in [0.3, 0.4) is 0 Å². The molecule has 7 N–H and O–H groups in total. The lowest BCUT2D eigenvalue weighted by Gasteiger charge is -2.29. The van der Waals surface area contributed by atoms with Crippen LogP contribution in [0.2, 0.25) is 0 Å². The zero-order valence-electron chi connectivity index (χ0n) is 17.6. The largest absolute Gasteiger partial charge is 0.481 e. The van der Waals surface area contributed by atoms with E-state index in [2.05, 4.69) is 20.6 Å². The molecule has 34 heavy (non-hydrogen) atoms. The molecule has 2 atom stereocenters. The fourth-order valence-corrected chi connectivity index (χ4v) is 3.91. The molecule has 1 unspecified atom stereocenters. The van der Waals surface area contributed by atoms with Crippen LogP contribution < -0.4 is 31.7 Å². The molecule has 0 spiro atoms. The first-order valence-electron chi connectivity index (χ1n) is 10.3. The number of benzene rings is 1. The molecule has 0 radical (unpaired) electrons. The summed E-state index contributed by atoms with van der Waals surface area (Å²) in [5, 5.41) is 23.2. The van der Waals surface area contributed by atoms with Crippen LogP contribution in [-0.2, 0) is 9.59 Å². The summed E-state index contributed by atoms with van der Waals surface area (Å²) in [6.07, 6.45) is -0.670. The van der Waals surface area contributed by atoms with Crippen molar-refractivity contribution in [3.63, 3.8) is 0 Å². The summed E-state index contributed by atoms with van der Waals surface area (Å²) in [5.74, 6) is -3.06. The van der Waals surface area contributed by atoms with E-state index in [4.69, 9.17) is 10.8 Å². The molecule has 0 saturated carbocycles. The van der Waals surface area contributed by atoms with Crippen LogP contribution in [0.5, 0.6) is 0 Å². The maximum Gasteiger partial charge on any atom is 0.329 e. The molecule has 1 fully saturated rings. The summed E-state index contributed by atoms with van der Waals surface area (Å²) < 4.78 is 0. The normalized spacial score (nSPS) is 17.4. The summed E-state index contributed by atoms with van der Waals surface area (Å²) >= 11 is 0. The standard InChI is InChI=1S/C20H21N7O7/c21-19-24-15-14(17(31)25-19)27-11(7-22-15)8-26(20(27)34)10-3-1-9(2-4-10)16(30)23-12(18(32)33)5-6-13(28)29/h1-4,11-12H,5-8H2,(H,23,30)(H,28,29)(H,32,33)(H4,21,22,24,25,31)/t11?,12-/m0/s1. The first-order valence-corrected chi connectivity index (χ1v) is 10.3. The molecule has 4 rings (SSSR count). The second-order valence-electron chi connectivity index (χ2n) is 7.79. The van der Waals surface area contributed by atoms with Gasteiger partial charge in [0.15, 0.2) is 11.5 Å². The zero-order chi connectivity index (χ0) is 24.6. The van der Waals surface area contributed by atoms with E-state index in [0.29, 0.717) is 12.2 Å². The third-order valence-corrected chi connectivity index (χ3v) is 5.55. The minimum Gasteiger partial charge on any atom is -0.481 e.